The first-order valence-corrected chi connectivity index (χ1v) is 5.85. The number of halogens is 1. The van der Waals surface area contributed by atoms with Crippen LogP contribution in [0.5, 0.6) is 0 Å². The zero-order valence-electron chi connectivity index (χ0n) is 9.58. The van der Waals surface area contributed by atoms with Crippen LogP contribution in [0.4, 0.5) is 4.39 Å². The van der Waals surface area contributed by atoms with E-state index in [1.807, 2.05) is 0 Å². The monoisotopic (exact) mass is 231 g/mol. The molecule has 88 valence electrons. The number of ketones is 1. The van der Waals surface area contributed by atoms with Gasteiger partial charge in [0.1, 0.15) is 11.2 Å². The molecule has 1 aromatic rings. The van der Waals surface area contributed by atoms with Crippen LogP contribution in [0.25, 0.3) is 0 Å². The molecule has 1 aliphatic carbocycles. The van der Waals surface area contributed by atoms with Crippen LogP contribution in [0, 0.1) is 22.6 Å². The molecule has 0 radical (unpaired) electrons. The Balaban J connectivity index is 2.22. The third kappa shape index (κ3) is 2.36. The van der Waals surface area contributed by atoms with Crippen molar-refractivity contribution >= 4 is 5.78 Å². The van der Waals surface area contributed by atoms with Crippen molar-refractivity contribution in [2.24, 2.45) is 5.41 Å². The van der Waals surface area contributed by atoms with Gasteiger partial charge in [0.05, 0.1) is 6.07 Å². The third-order valence-electron chi connectivity index (χ3n) is 3.42. The normalized spacial score (nSPS) is 24.4. The number of rotatable bonds is 2. The van der Waals surface area contributed by atoms with Gasteiger partial charge in [-0.05, 0) is 37.0 Å². The number of carbonyl (C=O) groups excluding carboxylic acids is 1. The van der Waals surface area contributed by atoms with Gasteiger partial charge >= 0.3 is 0 Å². The average molecular weight is 231 g/mol. The molecule has 2 nitrogen and oxygen atoms in total. The second-order valence-corrected chi connectivity index (χ2v) is 4.63. The molecule has 1 aliphatic rings. The maximum Gasteiger partial charge on any atom is 0.153 e. The van der Waals surface area contributed by atoms with Gasteiger partial charge in [0, 0.05) is 6.42 Å². The molecular formula is C14H14FNO. The van der Waals surface area contributed by atoms with Crippen LogP contribution in [0.15, 0.2) is 24.3 Å². The molecule has 1 aromatic carbocycles. The number of Topliss-reactive ketones (excluding diaryl/α,β-unsaturated/α-hetero) is 1. The van der Waals surface area contributed by atoms with Crippen molar-refractivity contribution in [3.05, 3.63) is 35.6 Å². The van der Waals surface area contributed by atoms with E-state index in [-0.39, 0.29) is 11.6 Å². The summed E-state index contributed by atoms with van der Waals surface area (Å²) in [6, 6.07) is 8.22. The van der Waals surface area contributed by atoms with Crippen LogP contribution < -0.4 is 0 Å². The summed E-state index contributed by atoms with van der Waals surface area (Å²) in [5.74, 6) is -0.259. The Morgan fingerprint density at radius 1 is 1.29 bits per heavy atom. The summed E-state index contributed by atoms with van der Waals surface area (Å²) in [7, 11) is 0. The molecule has 2 rings (SSSR count). The molecule has 0 heterocycles. The third-order valence-corrected chi connectivity index (χ3v) is 3.42. The Labute approximate surface area is 100 Å². The topological polar surface area (TPSA) is 40.9 Å². The fourth-order valence-corrected chi connectivity index (χ4v) is 2.39. The Bertz CT molecular complexity index is 460. The van der Waals surface area contributed by atoms with Crippen molar-refractivity contribution in [3.63, 3.8) is 0 Å². The van der Waals surface area contributed by atoms with Crippen LogP contribution in [-0.2, 0) is 11.2 Å². The predicted molar refractivity (Wildman–Crippen MR) is 61.6 cm³/mol. The minimum atomic E-state index is -0.879. The van der Waals surface area contributed by atoms with E-state index in [1.54, 1.807) is 12.1 Å². The van der Waals surface area contributed by atoms with Gasteiger partial charge < -0.3 is 0 Å². The van der Waals surface area contributed by atoms with E-state index in [0.29, 0.717) is 19.3 Å². The first-order valence-electron chi connectivity index (χ1n) is 5.85. The first kappa shape index (κ1) is 11.8. The average Bonchev–Trinajstić information content (AvgIpc) is 2.35. The van der Waals surface area contributed by atoms with Crippen molar-refractivity contribution in [2.45, 2.75) is 32.1 Å². The van der Waals surface area contributed by atoms with Crippen molar-refractivity contribution in [2.75, 3.05) is 0 Å². The van der Waals surface area contributed by atoms with Gasteiger partial charge in [-0.15, -0.1) is 0 Å². The highest BCUT2D eigenvalue weighted by atomic mass is 19.1. The second-order valence-electron chi connectivity index (χ2n) is 4.63. The van der Waals surface area contributed by atoms with E-state index in [9.17, 15) is 14.4 Å². The molecule has 1 fully saturated rings. The molecule has 17 heavy (non-hydrogen) atoms. The van der Waals surface area contributed by atoms with E-state index in [1.165, 1.54) is 12.1 Å². The largest absolute Gasteiger partial charge is 0.298 e. The Morgan fingerprint density at radius 2 is 2.00 bits per heavy atom. The highest BCUT2D eigenvalue weighted by molar-refractivity contribution is 5.88. The number of nitrogens with zero attached hydrogens (tertiary/aromatic N) is 1. The van der Waals surface area contributed by atoms with E-state index < -0.39 is 5.41 Å². The lowest BCUT2D eigenvalue weighted by molar-refractivity contribution is -0.128. The molecule has 0 aromatic heterocycles. The van der Waals surface area contributed by atoms with Gasteiger partial charge in [-0.1, -0.05) is 18.6 Å². The van der Waals surface area contributed by atoms with Gasteiger partial charge in [0.15, 0.2) is 5.78 Å². The molecule has 1 unspecified atom stereocenters. The van der Waals surface area contributed by atoms with Gasteiger partial charge in [0.2, 0.25) is 0 Å². The summed E-state index contributed by atoms with van der Waals surface area (Å²) in [6.07, 6.45) is 3.32. The second kappa shape index (κ2) is 4.67. The van der Waals surface area contributed by atoms with E-state index in [4.69, 9.17) is 0 Å². The van der Waals surface area contributed by atoms with Crippen LogP contribution in [0.3, 0.4) is 0 Å². The highest BCUT2D eigenvalue weighted by Crippen LogP contribution is 2.35. The molecule has 0 aliphatic heterocycles. The van der Waals surface area contributed by atoms with Gasteiger partial charge in [-0.3, -0.25) is 4.79 Å². The molecule has 0 amide bonds. The maximum absolute atomic E-state index is 12.8. The van der Waals surface area contributed by atoms with Crippen molar-refractivity contribution in [1.29, 1.82) is 5.26 Å². The lowest BCUT2D eigenvalue weighted by Crippen LogP contribution is -2.34. The van der Waals surface area contributed by atoms with Crippen LogP contribution in [0.1, 0.15) is 31.2 Å². The molecule has 1 atom stereocenters. The van der Waals surface area contributed by atoms with Crippen molar-refractivity contribution in [1.82, 2.24) is 0 Å². The summed E-state index contributed by atoms with van der Waals surface area (Å²) in [6.45, 7) is 0. The molecule has 0 bridgehead atoms. The fraction of sp³-hybridized carbons (Fsp3) is 0.429. The van der Waals surface area contributed by atoms with E-state index in [0.717, 1.165) is 18.4 Å². The highest BCUT2D eigenvalue weighted by Gasteiger charge is 2.39. The van der Waals surface area contributed by atoms with E-state index >= 15 is 0 Å². The van der Waals surface area contributed by atoms with Crippen LogP contribution >= 0.6 is 0 Å². The zero-order valence-corrected chi connectivity index (χ0v) is 9.58. The number of benzene rings is 1. The lowest BCUT2D eigenvalue weighted by Gasteiger charge is -2.29. The first-order chi connectivity index (χ1) is 8.16. The van der Waals surface area contributed by atoms with Crippen molar-refractivity contribution < 1.29 is 9.18 Å². The molecule has 1 saturated carbocycles. The molecular weight excluding hydrogens is 217 g/mol. The number of nitriles is 1. The summed E-state index contributed by atoms with van der Waals surface area (Å²) < 4.78 is 12.8. The smallest absolute Gasteiger partial charge is 0.153 e. The molecule has 3 heteroatoms. The molecule has 0 spiro atoms. The minimum Gasteiger partial charge on any atom is -0.298 e. The molecule has 0 N–H and O–H groups in total. The van der Waals surface area contributed by atoms with Gasteiger partial charge in [0.25, 0.3) is 0 Å². The van der Waals surface area contributed by atoms with Crippen LogP contribution in [0.2, 0.25) is 0 Å². The van der Waals surface area contributed by atoms with Gasteiger partial charge in [-0.2, -0.15) is 5.26 Å². The summed E-state index contributed by atoms with van der Waals surface area (Å²) in [5, 5.41) is 9.28. The van der Waals surface area contributed by atoms with Gasteiger partial charge in [-0.25, -0.2) is 4.39 Å². The van der Waals surface area contributed by atoms with Crippen LogP contribution in [-0.4, -0.2) is 5.78 Å². The number of hydrogen-bond donors (Lipinski definition) is 0. The maximum atomic E-state index is 12.8. The SMILES string of the molecule is N#CC1(Cc2ccc(F)cc2)CCCCC1=O. The molecule has 0 saturated heterocycles. The number of carbonyl (C=O) groups is 1. The summed E-state index contributed by atoms with van der Waals surface area (Å²) in [5.41, 5.74) is -0.0287. The Morgan fingerprint density at radius 3 is 2.59 bits per heavy atom. The minimum absolute atomic E-state index is 0.0376. The summed E-state index contributed by atoms with van der Waals surface area (Å²) >= 11 is 0. The zero-order chi connectivity index (χ0) is 12.3. The lowest BCUT2D eigenvalue weighted by atomic mass is 9.70. The Hall–Kier alpha value is -1.69. The van der Waals surface area contributed by atoms with Crippen molar-refractivity contribution in [3.8, 4) is 6.07 Å². The fourth-order valence-electron chi connectivity index (χ4n) is 2.39. The Kier molecular flexibility index (Phi) is 3.23. The number of hydrogen-bond acceptors (Lipinski definition) is 2. The quantitative estimate of drug-likeness (QED) is 0.785. The predicted octanol–water partition coefficient (Wildman–Crippen LogP) is 3.02. The standard InChI is InChI=1S/C14H14FNO/c15-12-6-4-11(5-7-12)9-14(10-16)8-2-1-3-13(14)17/h4-7H,1-3,8-9H2. The van der Waals surface area contributed by atoms with E-state index in [2.05, 4.69) is 6.07 Å². The summed E-state index contributed by atoms with van der Waals surface area (Å²) in [4.78, 5) is 11.9.